The summed E-state index contributed by atoms with van der Waals surface area (Å²) >= 11 is 0. The summed E-state index contributed by atoms with van der Waals surface area (Å²) in [6, 6.07) is 56.6. The van der Waals surface area contributed by atoms with Gasteiger partial charge in [0.1, 0.15) is 5.58 Å². The zero-order valence-electron chi connectivity index (χ0n) is 45.0. The van der Waals surface area contributed by atoms with Gasteiger partial charge in [0.15, 0.2) is 5.58 Å². The Morgan fingerprint density at radius 1 is 0.486 bits per heavy atom. The molecule has 4 nitrogen and oxygen atoms in total. The first-order valence-electron chi connectivity index (χ1n) is 26.8. The molecule has 2 aliphatic carbocycles. The van der Waals surface area contributed by atoms with E-state index in [1.165, 1.54) is 33.3 Å². The van der Waals surface area contributed by atoms with Gasteiger partial charge in [-0.1, -0.05) is 140 Å². The molecule has 0 N–H and O–H groups in total. The van der Waals surface area contributed by atoms with Gasteiger partial charge in [0.2, 0.25) is 0 Å². The van der Waals surface area contributed by atoms with Gasteiger partial charge in [-0.3, -0.25) is 0 Å². The van der Waals surface area contributed by atoms with E-state index in [1.807, 2.05) is 24.3 Å². The second-order valence-electron chi connectivity index (χ2n) is 23.4. The number of furan rings is 1. The van der Waals surface area contributed by atoms with E-state index >= 15 is 0 Å². The smallest absolute Gasteiger partial charge is 0.252 e. The van der Waals surface area contributed by atoms with Crippen LogP contribution in [0.5, 0.6) is 0 Å². The van der Waals surface area contributed by atoms with Crippen LogP contribution in [0.2, 0.25) is 0 Å². The molecule has 0 atom stereocenters. The van der Waals surface area contributed by atoms with Gasteiger partial charge in [0, 0.05) is 60.4 Å². The third-order valence-electron chi connectivity index (χ3n) is 16.9. The Hall–Kier alpha value is -6.98. The van der Waals surface area contributed by atoms with Crippen molar-refractivity contribution in [3.05, 3.63) is 191 Å². The van der Waals surface area contributed by atoms with Gasteiger partial charge in [-0.2, -0.15) is 0 Å². The summed E-state index contributed by atoms with van der Waals surface area (Å²) < 4.78 is 34.8. The second-order valence-corrected chi connectivity index (χ2v) is 23.4. The summed E-state index contributed by atoms with van der Waals surface area (Å²) in [7, 11) is 0. The van der Waals surface area contributed by atoms with Crippen molar-refractivity contribution < 1.29 is 8.53 Å². The Morgan fingerprint density at radius 2 is 1.04 bits per heavy atom. The topological polar surface area (TPSA) is 22.9 Å². The highest BCUT2D eigenvalue weighted by Crippen LogP contribution is 2.55. The molecule has 5 heteroatoms. The quantitative estimate of drug-likeness (QED) is 0.161. The standard InChI is InChI=1S/C65H62BN3O/c1-40-32-57-60-58(33-40)69(54-37-49-47(34-41(54)2)62(3,4)30-31-63(49,5)6)56-38-50-48(64(7,8)39-65(50,9)10)36-52(56)66(60)51-29-28-44(67(42-20-13-11-14-21-42)43-22-15-12-16-23-43)35-55(51)68(57)53-26-19-25-46-45-24-17-18-27-59(45)70-61(46)53/h11-29,32-38H,30-31,39H2,1-10H3/i1D3. The van der Waals surface area contributed by atoms with Crippen molar-refractivity contribution in [1.82, 2.24) is 0 Å². The highest BCUT2D eigenvalue weighted by molar-refractivity contribution is 7.00. The molecule has 0 radical (unpaired) electrons. The highest BCUT2D eigenvalue weighted by atomic mass is 16.3. The summed E-state index contributed by atoms with van der Waals surface area (Å²) in [5.74, 6) is 0. The van der Waals surface area contributed by atoms with Gasteiger partial charge in [0.25, 0.3) is 6.71 Å². The van der Waals surface area contributed by atoms with Crippen LogP contribution in [0.3, 0.4) is 0 Å². The number of para-hydroxylation sites is 4. The lowest BCUT2D eigenvalue weighted by Crippen LogP contribution is -2.61. The molecule has 0 fully saturated rings. The molecule has 1 aromatic heterocycles. The fourth-order valence-electron chi connectivity index (χ4n) is 13.6. The van der Waals surface area contributed by atoms with Crippen molar-refractivity contribution in [3.63, 3.8) is 0 Å². The molecular formula is C65H62BN3O. The molecular weight excluding hydrogens is 850 g/mol. The number of nitrogens with zero attached hydrogens (tertiary/aromatic N) is 3. The van der Waals surface area contributed by atoms with Crippen LogP contribution in [-0.4, -0.2) is 6.71 Å². The molecule has 0 spiro atoms. The zero-order valence-corrected chi connectivity index (χ0v) is 42.0. The van der Waals surface area contributed by atoms with Crippen LogP contribution in [0.25, 0.3) is 21.9 Å². The van der Waals surface area contributed by atoms with Crippen LogP contribution in [0.15, 0.2) is 162 Å². The minimum Gasteiger partial charge on any atom is -0.454 e. The minimum absolute atomic E-state index is 0.0210. The van der Waals surface area contributed by atoms with E-state index in [1.54, 1.807) is 0 Å². The Balaban J connectivity index is 1.18. The van der Waals surface area contributed by atoms with Gasteiger partial charge in [0.05, 0.1) is 5.69 Å². The Bertz CT molecular complexity index is 3720. The number of hydrogen-bond donors (Lipinski definition) is 0. The van der Waals surface area contributed by atoms with Crippen molar-refractivity contribution in [3.8, 4) is 0 Å². The highest BCUT2D eigenvalue weighted by Gasteiger charge is 2.49. The van der Waals surface area contributed by atoms with E-state index in [4.69, 9.17) is 4.42 Å². The maximum atomic E-state index is 9.28. The van der Waals surface area contributed by atoms with E-state index in [0.29, 0.717) is 5.56 Å². The molecule has 0 amide bonds. The Labute approximate surface area is 418 Å². The third-order valence-corrected chi connectivity index (χ3v) is 16.9. The van der Waals surface area contributed by atoms with Crippen LogP contribution in [0, 0.1) is 13.8 Å². The van der Waals surface area contributed by atoms with Gasteiger partial charge >= 0.3 is 0 Å². The molecule has 3 heterocycles. The third kappa shape index (κ3) is 6.22. The Morgan fingerprint density at radius 3 is 1.71 bits per heavy atom. The number of hydrogen-bond acceptors (Lipinski definition) is 4. The van der Waals surface area contributed by atoms with Gasteiger partial charge in [-0.15, -0.1) is 0 Å². The molecule has 0 unspecified atom stereocenters. The molecule has 4 aliphatic rings. The second kappa shape index (κ2) is 14.8. The molecule has 0 saturated heterocycles. The monoisotopic (exact) mass is 915 g/mol. The molecule has 9 aromatic rings. The largest absolute Gasteiger partial charge is 0.454 e. The van der Waals surface area contributed by atoms with E-state index in [0.717, 1.165) is 103 Å². The molecule has 0 saturated carbocycles. The lowest BCUT2D eigenvalue weighted by atomic mass is 9.33. The van der Waals surface area contributed by atoms with Crippen LogP contribution in [-0.2, 0) is 21.7 Å². The molecule has 0 bridgehead atoms. The summed E-state index contributed by atoms with van der Waals surface area (Å²) in [4.78, 5) is 7.12. The number of benzene rings is 8. The molecule has 13 rings (SSSR count). The molecule has 2 aliphatic heterocycles. The van der Waals surface area contributed by atoms with Gasteiger partial charge < -0.3 is 19.1 Å². The lowest BCUT2D eigenvalue weighted by Gasteiger charge is -2.46. The molecule has 8 aromatic carbocycles. The SMILES string of the molecule is [2H]C([2H])([2H])c1cc2c3c(c1)N(c1cccc4c1oc1ccccc14)c1cc(N(c4ccccc4)c4ccccc4)ccc1B3c1cc3c(cc1N2c1cc2c(cc1C)C(C)(C)CCC2(C)C)C(C)(C)CC3(C)C. The predicted octanol–water partition coefficient (Wildman–Crippen LogP) is 16.1. The first-order chi connectivity index (χ1) is 34.7. The lowest BCUT2D eigenvalue weighted by molar-refractivity contribution is 0.332. The van der Waals surface area contributed by atoms with E-state index in [-0.39, 0.29) is 28.4 Å². The first-order valence-corrected chi connectivity index (χ1v) is 25.3. The van der Waals surface area contributed by atoms with E-state index in [9.17, 15) is 4.11 Å². The van der Waals surface area contributed by atoms with E-state index in [2.05, 4.69) is 210 Å². The Kier molecular flexibility index (Phi) is 8.41. The van der Waals surface area contributed by atoms with Gasteiger partial charge in [-0.25, -0.2) is 0 Å². The summed E-state index contributed by atoms with van der Waals surface area (Å²) in [6.07, 6.45) is 3.23. The van der Waals surface area contributed by atoms with Crippen molar-refractivity contribution >= 4 is 96.2 Å². The van der Waals surface area contributed by atoms with E-state index < -0.39 is 6.85 Å². The molecule has 70 heavy (non-hydrogen) atoms. The number of aryl methyl sites for hydroxylation is 2. The van der Waals surface area contributed by atoms with Crippen LogP contribution >= 0.6 is 0 Å². The number of anilines is 9. The summed E-state index contributed by atoms with van der Waals surface area (Å²) in [5, 5.41) is 2.04. The fraction of sp³-hybridized carbons (Fsp3) is 0.262. The van der Waals surface area contributed by atoms with Crippen molar-refractivity contribution in [2.24, 2.45) is 0 Å². The average Bonchev–Trinajstić information content (AvgIpc) is 3.84. The van der Waals surface area contributed by atoms with Crippen molar-refractivity contribution in [1.29, 1.82) is 0 Å². The normalized spacial score (nSPS) is 18.3. The first kappa shape index (κ1) is 39.8. The van der Waals surface area contributed by atoms with Crippen LogP contribution < -0.4 is 31.1 Å². The maximum absolute atomic E-state index is 9.28. The fourth-order valence-corrected chi connectivity index (χ4v) is 13.6. The zero-order chi connectivity index (χ0) is 50.7. The summed E-state index contributed by atoms with van der Waals surface area (Å²) in [6.45, 7) is 18.8. The molecule has 346 valence electrons. The predicted molar refractivity (Wildman–Crippen MR) is 298 cm³/mol. The van der Waals surface area contributed by atoms with Crippen LogP contribution in [0.1, 0.15) is 112 Å². The van der Waals surface area contributed by atoms with Crippen molar-refractivity contribution in [2.45, 2.75) is 110 Å². The van der Waals surface area contributed by atoms with Gasteiger partial charge in [-0.05, 0) is 177 Å². The average molecular weight is 915 g/mol. The van der Waals surface area contributed by atoms with Crippen LogP contribution in [0.4, 0.5) is 51.2 Å². The number of fused-ring (bicyclic) bond motifs is 9. The minimum atomic E-state index is -2.43. The summed E-state index contributed by atoms with van der Waals surface area (Å²) in [5.41, 5.74) is 20.7. The number of rotatable bonds is 5. The maximum Gasteiger partial charge on any atom is 0.252 e. The van der Waals surface area contributed by atoms with Crippen molar-refractivity contribution in [2.75, 3.05) is 14.7 Å².